The van der Waals surface area contributed by atoms with Gasteiger partial charge in [-0.25, -0.2) is 9.67 Å². The highest BCUT2D eigenvalue weighted by molar-refractivity contribution is 6.30. The Hall–Kier alpha value is -2.74. The van der Waals surface area contributed by atoms with Crippen molar-refractivity contribution in [3.8, 4) is 0 Å². The summed E-state index contributed by atoms with van der Waals surface area (Å²) >= 11 is 6.08. The van der Waals surface area contributed by atoms with Crippen molar-refractivity contribution >= 4 is 28.7 Å². The van der Waals surface area contributed by atoms with E-state index in [1.807, 2.05) is 29.2 Å². The van der Waals surface area contributed by atoms with Crippen LogP contribution < -0.4 is 5.56 Å². The Morgan fingerprint density at radius 1 is 1.26 bits per heavy atom. The van der Waals surface area contributed by atoms with Gasteiger partial charge in [0.05, 0.1) is 6.54 Å². The molecule has 31 heavy (non-hydrogen) atoms. The minimum atomic E-state index is -0.288. The number of amides is 1. The molecule has 0 spiro atoms. The van der Waals surface area contributed by atoms with E-state index in [4.69, 9.17) is 16.6 Å². The van der Waals surface area contributed by atoms with Gasteiger partial charge >= 0.3 is 0 Å². The van der Waals surface area contributed by atoms with Gasteiger partial charge in [0.25, 0.3) is 5.56 Å². The molecule has 1 N–H and O–H groups in total. The molecule has 0 saturated carbocycles. The van der Waals surface area contributed by atoms with E-state index in [9.17, 15) is 9.59 Å². The molecule has 0 bridgehead atoms. The number of hydrogen-bond acceptors (Lipinski definition) is 5. The maximum Gasteiger partial charge on any atom is 0.281 e. The number of likely N-dealkylation sites (tertiary alicyclic amines) is 1. The smallest absolute Gasteiger partial charge is 0.281 e. The van der Waals surface area contributed by atoms with Gasteiger partial charge < -0.3 is 9.88 Å². The van der Waals surface area contributed by atoms with Crippen LogP contribution >= 0.6 is 11.6 Å². The molecule has 4 rings (SSSR count). The summed E-state index contributed by atoms with van der Waals surface area (Å²) in [6.07, 6.45) is 2.06. The number of benzene rings is 1. The number of aromatic nitrogens is 5. The fourth-order valence-corrected chi connectivity index (χ4v) is 4.17. The summed E-state index contributed by atoms with van der Waals surface area (Å²) in [4.78, 5) is 34.6. The molecule has 0 radical (unpaired) electrons. The summed E-state index contributed by atoms with van der Waals surface area (Å²) in [5, 5.41) is 8.78. The Kier molecular flexibility index (Phi) is 5.83. The van der Waals surface area contributed by atoms with E-state index in [1.165, 1.54) is 0 Å². The quantitative estimate of drug-likeness (QED) is 0.668. The Morgan fingerprint density at radius 3 is 2.68 bits per heavy atom. The fourth-order valence-electron chi connectivity index (χ4n) is 3.96. The van der Waals surface area contributed by atoms with Crippen LogP contribution in [-0.4, -0.2) is 48.9 Å². The Morgan fingerprint density at radius 2 is 2.00 bits per heavy atom. The highest BCUT2D eigenvalue weighted by Crippen LogP contribution is 2.28. The van der Waals surface area contributed by atoms with E-state index < -0.39 is 0 Å². The van der Waals surface area contributed by atoms with E-state index >= 15 is 0 Å². The van der Waals surface area contributed by atoms with Gasteiger partial charge in [-0.1, -0.05) is 49.7 Å². The van der Waals surface area contributed by atoms with Crippen molar-refractivity contribution in [2.45, 2.75) is 52.5 Å². The lowest BCUT2D eigenvalue weighted by Crippen LogP contribution is -2.39. The van der Waals surface area contributed by atoms with Crippen LogP contribution in [0, 0.1) is 5.41 Å². The van der Waals surface area contributed by atoms with Gasteiger partial charge in [-0.15, -0.1) is 5.10 Å². The third-order valence-electron chi connectivity index (χ3n) is 5.53. The SMILES string of the molecule is CC(C)(C)CC(=O)N1CCC(c2nc3c(nnn3Cc3cccc(Cl)c3)c(=O)[nH]2)CC1. The number of carbonyl (C=O) groups is 1. The third-order valence-corrected chi connectivity index (χ3v) is 5.76. The standard InChI is InChI=1S/C22H27ClN6O2/c1-22(2,3)12-17(30)28-9-7-15(8-10-28)19-24-20-18(21(31)25-19)26-27-29(20)13-14-5-4-6-16(23)11-14/h4-6,11,15H,7-10,12-13H2,1-3H3,(H,24,25,31). The van der Waals surface area contributed by atoms with Crippen LogP contribution in [0.25, 0.3) is 11.2 Å². The van der Waals surface area contributed by atoms with Gasteiger partial charge in [-0.3, -0.25) is 9.59 Å². The average molecular weight is 443 g/mol. The third kappa shape index (κ3) is 4.95. The maximum absolute atomic E-state index is 12.6. The lowest BCUT2D eigenvalue weighted by molar-refractivity contribution is -0.134. The first-order valence-electron chi connectivity index (χ1n) is 10.6. The number of aromatic amines is 1. The first-order chi connectivity index (χ1) is 14.7. The van der Waals surface area contributed by atoms with Gasteiger partial charge in [0.15, 0.2) is 11.2 Å². The Labute approximate surface area is 185 Å². The summed E-state index contributed by atoms with van der Waals surface area (Å²) < 4.78 is 1.63. The van der Waals surface area contributed by atoms with Crippen LogP contribution in [0.3, 0.4) is 0 Å². The Bertz CT molecular complexity index is 1150. The predicted molar refractivity (Wildman–Crippen MR) is 119 cm³/mol. The summed E-state index contributed by atoms with van der Waals surface area (Å²) in [5.41, 5.74) is 1.32. The lowest BCUT2D eigenvalue weighted by Gasteiger charge is -2.33. The molecule has 3 aromatic rings. The molecular formula is C22H27ClN6O2. The van der Waals surface area contributed by atoms with Crippen molar-refractivity contribution in [2.75, 3.05) is 13.1 Å². The minimum absolute atomic E-state index is 0.0276. The predicted octanol–water partition coefficient (Wildman–Crippen LogP) is 3.36. The number of hydrogen-bond donors (Lipinski definition) is 1. The first kappa shape index (κ1) is 21.5. The zero-order valence-corrected chi connectivity index (χ0v) is 18.8. The van der Waals surface area contributed by atoms with Crippen LogP contribution in [0.5, 0.6) is 0 Å². The van der Waals surface area contributed by atoms with Crippen molar-refractivity contribution in [2.24, 2.45) is 5.41 Å². The highest BCUT2D eigenvalue weighted by Gasteiger charge is 2.28. The minimum Gasteiger partial charge on any atom is -0.343 e. The van der Waals surface area contributed by atoms with Crippen LogP contribution in [0.1, 0.15) is 57.3 Å². The summed E-state index contributed by atoms with van der Waals surface area (Å²) in [6, 6.07) is 7.48. The van der Waals surface area contributed by atoms with Gasteiger partial charge in [0, 0.05) is 30.5 Å². The number of nitrogens with one attached hydrogen (secondary N) is 1. The molecule has 1 saturated heterocycles. The highest BCUT2D eigenvalue weighted by atomic mass is 35.5. The summed E-state index contributed by atoms with van der Waals surface area (Å²) in [5.74, 6) is 0.909. The molecule has 1 aliphatic rings. The zero-order valence-electron chi connectivity index (χ0n) is 18.1. The van der Waals surface area contributed by atoms with Gasteiger partial charge in [0.1, 0.15) is 5.82 Å². The van der Waals surface area contributed by atoms with Gasteiger partial charge in [-0.05, 0) is 36.0 Å². The van der Waals surface area contributed by atoms with Crippen LogP contribution in [0.4, 0.5) is 0 Å². The van der Waals surface area contributed by atoms with Crippen LogP contribution in [-0.2, 0) is 11.3 Å². The number of nitrogens with zero attached hydrogens (tertiary/aromatic N) is 5. The molecule has 0 atom stereocenters. The van der Waals surface area contributed by atoms with Crippen molar-refractivity contribution in [1.82, 2.24) is 29.9 Å². The molecule has 164 valence electrons. The van der Waals surface area contributed by atoms with Crippen molar-refractivity contribution < 1.29 is 4.79 Å². The molecule has 1 aromatic carbocycles. The van der Waals surface area contributed by atoms with Crippen molar-refractivity contribution in [1.29, 1.82) is 0 Å². The molecule has 1 aliphatic heterocycles. The number of piperidine rings is 1. The fraction of sp³-hybridized carbons (Fsp3) is 0.500. The molecule has 1 fully saturated rings. The van der Waals surface area contributed by atoms with Crippen molar-refractivity contribution in [3.05, 3.63) is 51.0 Å². The number of H-pyrrole nitrogens is 1. The van der Waals surface area contributed by atoms with Crippen molar-refractivity contribution in [3.63, 3.8) is 0 Å². The van der Waals surface area contributed by atoms with Crippen LogP contribution in [0.2, 0.25) is 5.02 Å². The summed E-state index contributed by atoms with van der Waals surface area (Å²) in [6.45, 7) is 7.97. The normalized spacial score (nSPS) is 15.5. The molecule has 1 amide bonds. The second-order valence-electron chi connectivity index (χ2n) is 9.39. The van der Waals surface area contributed by atoms with Gasteiger partial charge in [-0.2, -0.15) is 0 Å². The van der Waals surface area contributed by atoms with E-state index in [0.717, 1.165) is 18.4 Å². The molecule has 0 aliphatic carbocycles. The molecular weight excluding hydrogens is 416 g/mol. The first-order valence-corrected chi connectivity index (χ1v) is 10.9. The molecule has 2 aromatic heterocycles. The van der Waals surface area contributed by atoms with E-state index in [-0.39, 0.29) is 28.3 Å². The molecule has 0 unspecified atom stereocenters. The number of carbonyl (C=O) groups excluding carboxylic acids is 1. The summed E-state index contributed by atoms with van der Waals surface area (Å²) in [7, 11) is 0. The lowest BCUT2D eigenvalue weighted by atomic mass is 9.90. The maximum atomic E-state index is 12.6. The average Bonchev–Trinajstić information content (AvgIpc) is 3.10. The number of halogens is 1. The molecule has 8 nitrogen and oxygen atoms in total. The van der Waals surface area contributed by atoms with Crippen LogP contribution in [0.15, 0.2) is 29.1 Å². The molecule has 3 heterocycles. The number of fused-ring (bicyclic) bond motifs is 1. The Balaban J connectivity index is 1.53. The van der Waals surface area contributed by atoms with Gasteiger partial charge in [0.2, 0.25) is 5.91 Å². The zero-order chi connectivity index (χ0) is 22.2. The molecule has 9 heteroatoms. The second kappa shape index (κ2) is 8.42. The second-order valence-corrected chi connectivity index (χ2v) is 9.83. The largest absolute Gasteiger partial charge is 0.343 e. The topological polar surface area (TPSA) is 96.8 Å². The van der Waals surface area contributed by atoms with E-state index in [2.05, 4.69) is 36.1 Å². The number of rotatable bonds is 4. The van der Waals surface area contributed by atoms with E-state index in [1.54, 1.807) is 4.68 Å². The van der Waals surface area contributed by atoms with E-state index in [0.29, 0.717) is 42.5 Å². The monoisotopic (exact) mass is 442 g/mol.